The summed E-state index contributed by atoms with van der Waals surface area (Å²) in [5, 5.41) is 12.1. The van der Waals surface area contributed by atoms with E-state index >= 15 is 0 Å². The maximum atomic E-state index is 12.0. The van der Waals surface area contributed by atoms with Gasteiger partial charge in [-0.1, -0.05) is 11.6 Å². The van der Waals surface area contributed by atoms with Gasteiger partial charge in [0, 0.05) is 30.2 Å². The molecule has 1 aromatic carbocycles. The summed E-state index contributed by atoms with van der Waals surface area (Å²) in [6.07, 6.45) is 0.852. The lowest BCUT2D eigenvalue weighted by atomic mass is 10.1. The van der Waals surface area contributed by atoms with E-state index in [1.54, 1.807) is 29.2 Å². The number of nitrogens with zero attached hydrogens (tertiary/aromatic N) is 1. The number of carboxylic acids is 1. The van der Waals surface area contributed by atoms with Crippen LogP contribution in [0.15, 0.2) is 24.3 Å². The number of carbonyl (C=O) groups is 2. The molecule has 1 aliphatic rings. The highest BCUT2D eigenvalue weighted by molar-refractivity contribution is 6.30. The molecule has 0 aromatic heterocycles. The first kappa shape index (κ1) is 13.7. The Labute approximate surface area is 116 Å². The first-order valence-electron chi connectivity index (χ1n) is 6.08. The van der Waals surface area contributed by atoms with Crippen LogP contribution in [-0.4, -0.2) is 35.1 Å². The third-order valence-corrected chi connectivity index (χ3v) is 3.38. The maximum absolute atomic E-state index is 12.0. The first-order chi connectivity index (χ1) is 9.04. The zero-order valence-electron chi connectivity index (χ0n) is 10.3. The van der Waals surface area contributed by atoms with Crippen LogP contribution in [-0.2, 0) is 4.79 Å². The molecule has 1 saturated heterocycles. The van der Waals surface area contributed by atoms with Crippen molar-refractivity contribution in [1.82, 2.24) is 4.90 Å². The van der Waals surface area contributed by atoms with E-state index in [-0.39, 0.29) is 18.4 Å². The normalized spacial score (nSPS) is 18.4. The van der Waals surface area contributed by atoms with Crippen molar-refractivity contribution in [1.29, 1.82) is 0 Å². The van der Waals surface area contributed by atoms with Gasteiger partial charge in [-0.3, -0.25) is 4.79 Å². The second-order valence-electron chi connectivity index (χ2n) is 4.64. The lowest BCUT2D eigenvalue weighted by Crippen LogP contribution is -2.33. The zero-order chi connectivity index (χ0) is 13.8. The minimum atomic E-state index is -0.815. The Balaban J connectivity index is 1.87. The summed E-state index contributed by atoms with van der Waals surface area (Å²) in [5.74, 6) is -0.765. The van der Waals surface area contributed by atoms with Crippen molar-refractivity contribution in [3.63, 3.8) is 0 Å². The lowest BCUT2D eigenvalue weighted by molar-refractivity contribution is -0.138. The molecule has 1 atom stereocenters. The van der Waals surface area contributed by atoms with Gasteiger partial charge in [-0.05, 0) is 36.6 Å². The Bertz CT molecular complexity index is 475. The molecule has 1 aliphatic heterocycles. The largest absolute Gasteiger partial charge is 0.481 e. The number of hydrogen-bond donors (Lipinski definition) is 2. The zero-order valence-corrected chi connectivity index (χ0v) is 11.1. The number of halogens is 1. The summed E-state index contributed by atoms with van der Waals surface area (Å²) in [6, 6.07) is 6.66. The molecular formula is C13H15ClN2O3. The number of nitrogens with one attached hydrogen (secondary N) is 1. The fourth-order valence-electron chi connectivity index (χ4n) is 2.17. The Morgan fingerprint density at radius 2 is 2.05 bits per heavy atom. The number of carboxylic acid groups (broad SMARTS) is 1. The summed E-state index contributed by atoms with van der Waals surface area (Å²) in [6.45, 7) is 1.09. The number of urea groups is 1. The summed E-state index contributed by atoms with van der Waals surface area (Å²) in [5.41, 5.74) is 0.677. The van der Waals surface area contributed by atoms with Gasteiger partial charge in [-0.15, -0.1) is 0 Å². The number of rotatable bonds is 3. The van der Waals surface area contributed by atoms with Gasteiger partial charge >= 0.3 is 12.0 Å². The van der Waals surface area contributed by atoms with Crippen molar-refractivity contribution in [3.05, 3.63) is 29.3 Å². The predicted octanol–water partition coefficient (Wildman–Crippen LogP) is 2.67. The number of benzene rings is 1. The van der Waals surface area contributed by atoms with Crippen molar-refractivity contribution in [3.8, 4) is 0 Å². The molecule has 6 heteroatoms. The van der Waals surface area contributed by atoms with Crippen molar-refractivity contribution < 1.29 is 14.7 Å². The van der Waals surface area contributed by atoms with E-state index in [4.69, 9.17) is 16.7 Å². The maximum Gasteiger partial charge on any atom is 0.321 e. The van der Waals surface area contributed by atoms with Gasteiger partial charge in [0.2, 0.25) is 0 Å². The van der Waals surface area contributed by atoms with Crippen LogP contribution in [0.3, 0.4) is 0 Å². The van der Waals surface area contributed by atoms with E-state index in [1.807, 2.05) is 0 Å². The fraction of sp³-hybridized carbons (Fsp3) is 0.385. The smallest absolute Gasteiger partial charge is 0.321 e. The monoisotopic (exact) mass is 282 g/mol. The number of anilines is 1. The van der Waals surface area contributed by atoms with Gasteiger partial charge in [0.25, 0.3) is 0 Å². The summed E-state index contributed by atoms with van der Waals surface area (Å²) < 4.78 is 0. The Morgan fingerprint density at radius 1 is 1.37 bits per heavy atom. The van der Waals surface area contributed by atoms with Crippen LogP contribution in [0.5, 0.6) is 0 Å². The standard InChI is InChI=1S/C13H15ClN2O3/c14-10-1-3-11(4-2-10)15-13(19)16-6-5-9(8-16)7-12(17)18/h1-4,9H,5-8H2,(H,15,19)(H,17,18). The van der Waals surface area contributed by atoms with Gasteiger partial charge in [0.15, 0.2) is 0 Å². The van der Waals surface area contributed by atoms with Crippen LogP contribution in [0, 0.1) is 5.92 Å². The van der Waals surface area contributed by atoms with E-state index in [0.29, 0.717) is 23.8 Å². The predicted molar refractivity (Wildman–Crippen MR) is 72.4 cm³/mol. The van der Waals surface area contributed by atoms with Crippen molar-refractivity contribution in [2.45, 2.75) is 12.8 Å². The quantitative estimate of drug-likeness (QED) is 0.895. The second kappa shape index (κ2) is 5.93. The van der Waals surface area contributed by atoms with Crippen LogP contribution in [0.25, 0.3) is 0 Å². The van der Waals surface area contributed by atoms with E-state index in [2.05, 4.69) is 5.32 Å². The van der Waals surface area contributed by atoms with E-state index in [0.717, 1.165) is 6.42 Å². The van der Waals surface area contributed by atoms with Crippen LogP contribution in [0.2, 0.25) is 5.02 Å². The SMILES string of the molecule is O=C(O)CC1CCN(C(=O)Nc2ccc(Cl)cc2)C1. The molecule has 0 aliphatic carbocycles. The molecule has 1 heterocycles. The number of hydrogen-bond acceptors (Lipinski definition) is 2. The van der Waals surface area contributed by atoms with Crippen molar-refractivity contribution >= 4 is 29.3 Å². The Morgan fingerprint density at radius 3 is 2.68 bits per heavy atom. The van der Waals surface area contributed by atoms with Gasteiger partial charge < -0.3 is 15.3 Å². The minimum Gasteiger partial charge on any atom is -0.481 e. The molecule has 0 spiro atoms. The molecule has 102 valence electrons. The molecule has 0 radical (unpaired) electrons. The molecule has 1 aromatic rings. The fourth-order valence-corrected chi connectivity index (χ4v) is 2.29. The van der Waals surface area contributed by atoms with Gasteiger partial charge in [0.05, 0.1) is 0 Å². The Hall–Kier alpha value is -1.75. The molecule has 1 unspecified atom stereocenters. The molecule has 2 amide bonds. The lowest BCUT2D eigenvalue weighted by Gasteiger charge is -2.17. The highest BCUT2D eigenvalue weighted by Gasteiger charge is 2.27. The molecule has 1 fully saturated rings. The minimum absolute atomic E-state index is 0.0495. The van der Waals surface area contributed by atoms with Crippen LogP contribution in [0.4, 0.5) is 10.5 Å². The van der Waals surface area contributed by atoms with Gasteiger partial charge in [-0.2, -0.15) is 0 Å². The molecule has 2 N–H and O–H groups in total. The van der Waals surface area contributed by atoms with E-state index in [9.17, 15) is 9.59 Å². The average Bonchev–Trinajstić information content (AvgIpc) is 2.80. The van der Waals surface area contributed by atoms with Gasteiger partial charge in [-0.25, -0.2) is 4.79 Å². The Kier molecular flexibility index (Phi) is 4.27. The summed E-state index contributed by atoms with van der Waals surface area (Å²) in [7, 11) is 0. The topological polar surface area (TPSA) is 69.6 Å². The van der Waals surface area contributed by atoms with Gasteiger partial charge in [0.1, 0.15) is 0 Å². The van der Waals surface area contributed by atoms with Crippen molar-refractivity contribution in [2.24, 2.45) is 5.92 Å². The first-order valence-corrected chi connectivity index (χ1v) is 6.45. The number of aliphatic carboxylic acids is 1. The van der Waals surface area contributed by atoms with Crippen LogP contribution < -0.4 is 5.32 Å². The molecule has 19 heavy (non-hydrogen) atoms. The van der Waals surface area contributed by atoms with E-state index in [1.165, 1.54) is 0 Å². The van der Waals surface area contributed by atoms with Crippen LogP contribution in [0.1, 0.15) is 12.8 Å². The number of amides is 2. The molecule has 0 bridgehead atoms. The highest BCUT2D eigenvalue weighted by atomic mass is 35.5. The van der Waals surface area contributed by atoms with E-state index < -0.39 is 5.97 Å². The van der Waals surface area contributed by atoms with Crippen molar-refractivity contribution in [2.75, 3.05) is 18.4 Å². The summed E-state index contributed by atoms with van der Waals surface area (Å²) in [4.78, 5) is 24.2. The second-order valence-corrected chi connectivity index (χ2v) is 5.07. The molecular weight excluding hydrogens is 268 g/mol. The highest BCUT2D eigenvalue weighted by Crippen LogP contribution is 2.21. The third kappa shape index (κ3) is 3.86. The molecule has 0 saturated carbocycles. The number of carbonyl (C=O) groups excluding carboxylic acids is 1. The number of likely N-dealkylation sites (tertiary alicyclic amines) is 1. The molecule has 5 nitrogen and oxygen atoms in total. The summed E-state index contributed by atoms with van der Waals surface area (Å²) >= 11 is 5.76. The van der Waals surface area contributed by atoms with Crippen LogP contribution >= 0.6 is 11.6 Å². The third-order valence-electron chi connectivity index (χ3n) is 3.13. The average molecular weight is 283 g/mol. The molecule has 2 rings (SSSR count).